The highest BCUT2D eigenvalue weighted by molar-refractivity contribution is 6.01. The minimum absolute atomic E-state index is 0.326. The minimum atomic E-state index is -0.552. The molecule has 2 N–H and O–H groups in total. The molecule has 3 rings (SSSR count). The van der Waals surface area contributed by atoms with Crippen molar-refractivity contribution in [3.8, 4) is 0 Å². The number of aryl methyl sites for hydroxylation is 1. The smallest absolute Gasteiger partial charge is 0.418 e. The van der Waals surface area contributed by atoms with Gasteiger partial charge in [-0.2, -0.15) is 5.10 Å². The number of nitrogen functional groups attached to an aromatic ring is 1. The molecule has 25 heavy (non-hydrogen) atoms. The van der Waals surface area contributed by atoms with E-state index in [4.69, 9.17) is 10.5 Å². The Morgan fingerprint density at radius 1 is 1.32 bits per heavy atom. The number of benzene rings is 1. The second-order valence-electron chi connectivity index (χ2n) is 6.78. The van der Waals surface area contributed by atoms with Crippen LogP contribution in [0.25, 0.3) is 10.9 Å². The van der Waals surface area contributed by atoms with E-state index >= 15 is 0 Å². The van der Waals surface area contributed by atoms with Gasteiger partial charge in [0, 0.05) is 17.1 Å². The number of imidazole rings is 1. The van der Waals surface area contributed by atoms with Crippen molar-refractivity contribution in [2.45, 2.75) is 33.3 Å². The van der Waals surface area contributed by atoms with Crippen molar-refractivity contribution in [3.63, 3.8) is 0 Å². The Balaban J connectivity index is 1.96. The first-order valence-corrected chi connectivity index (χ1v) is 7.94. The molecule has 0 unspecified atom stereocenters. The van der Waals surface area contributed by atoms with E-state index in [9.17, 15) is 4.79 Å². The summed E-state index contributed by atoms with van der Waals surface area (Å²) in [5, 5.41) is 5.24. The zero-order valence-corrected chi connectivity index (χ0v) is 14.7. The van der Waals surface area contributed by atoms with Crippen LogP contribution in [0.2, 0.25) is 0 Å². The molecular formula is C18H21N5O2. The van der Waals surface area contributed by atoms with Crippen molar-refractivity contribution in [3.05, 3.63) is 47.9 Å². The summed E-state index contributed by atoms with van der Waals surface area (Å²) in [6.45, 7) is 7.37. The Morgan fingerprint density at radius 3 is 2.72 bits per heavy atom. The molecule has 0 amide bonds. The van der Waals surface area contributed by atoms with E-state index in [1.165, 1.54) is 9.24 Å². The second kappa shape index (κ2) is 6.08. The van der Waals surface area contributed by atoms with Gasteiger partial charge in [0.15, 0.2) is 0 Å². The number of fused-ring (bicyclic) bond motifs is 1. The summed E-state index contributed by atoms with van der Waals surface area (Å²) >= 11 is 0. The number of carbonyl (C=O) groups excluding carboxylic acids is 1. The summed E-state index contributed by atoms with van der Waals surface area (Å²) in [7, 11) is 0. The van der Waals surface area contributed by atoms with Crippen molar-refractivity contribution in [1.82, 2.24) is 14.2 Å². The average molecular weight is 339 g/mol. The van der Waals surface area contributed by atoms with E-state index in [1.54, 1.807) is 18.6 Å². The maximum Gasteiger partial charge on any atom is 0.418 e. The molecule has 0 bridgehead atoms. The Hall–Kier alpha value is -3.09. The number of rotatable bonds is 2. The zero-order valence-electron chi connectivity index (χ0n) is 14.7. The highest BCUT2D eigenvalue weighted by atomic mass is 16.6. The molecule has 130 valence electrons. The van der Waals surface area contributed by atoms with Gasteiger partial charge in [0.05, 0.1) is 23.6 Å². The van der Waals surface area contributed by atoms with E-state index in [1.807, 2.05) is 52.0 Å². The average Bonchev–Trinajstić information content (AvgIpc) is 3.06. The van der Waals surface area contributed by atoms with E-state index in [0.29, 0.717) is 5.95 Å². The molecule has 1 aromatic carbocycles. The zero-order chi connectivity index (χ0) is 18.2. The lowest BCUT2D eigenvalue weighted by atomic mass is 10.1. The fourth-order valence-corrected chi connectivity index (χ4v) is 2.50. The van der Waals surface area contributed by atoms with Gasteiger partial charge in [0.1, 0.15) is 5.60 Å². The van der Waals surface area contributed by atoms with E-state index in [-0.39, 0.29) is 0 Å². The van der Waals surface area contributed by atoms with Gasteiger partial charge in [-0.15, -0.1) is 0 Å². The van der Waals surface area contributed by atoms with Crippen molar-refractivity contribution in [1.29, 1.82) is 0 Å². The van der Waals surface area contributed by atoms with Gasteiger partial charge in [-0.05, 0) is 39.8 Å². The van der Waals surface area contributed by atoms with Crippen LogP contribution in [0.4, 0.5) is 10.7 Å². The van der Waals surface area contributed by atoms with Crippen LogP contribution < -0.4 is 5.73 Å². The first kappa shape index (κ1) is 16.8. The number of anilines is 1. The van der Waals surface area contributed by atoms with Crippen LogP contribution in [-0.2, 0) is 4.74 Å². The minimum Gasteiger partial charge on any atom is -0.443 e. The van der Waals surface area contributed by atoms with Gasteiger partial charge in [-0.3, -0.25) is 4.57 Å². The summed E-state index contributed by atoms with van der Waals surface area (Å²) in [5.41, 5.74) is 7.66. The lowest BCUT2D eigenvalue weighted by molar-refractivity contribution is 0.0544. The lowest BCUT2D eigenvalue weighted by Gasteiger charge is -2.19. The quantitative estimate of drug-likeness (QED) is 0.725. The Labute approximate surface area is 145 Å². The first-order chi connectivity index (χ1) is 11.7. The maximum atomic E-state index is 12.4. The Kier molecular flexibility index (Phi) is 4.08. The molecule has 0 spiro atoms. The van der Waals surface area contributed by atoms with Crippen LogP contribution in [0.3, 0.4) is 0 Å². The number of aromatic nitrogens is 3. The van der Waals surface area contributed by atoms with Gasteiger partial charge >= 0.3 is 6.09 Å². The molecule has 2 heterocycles. The number of nitrogens with two attached hydrogens (primary N) is 1. The largest absolute Gasteiger partial charge is 0.443 e. The van der Waals surface area contributed by atoms with Crippen LogP contribution in [-0.4, -0.2) is 32.1 Å². The summed E-state index contributed by atoms with van der Waals surface area (Å²) in [6.07, 6.45) is 4.73. The van der Waals surface area contributed by atoms with Gasteiger partial charge < -0.3 is 10.5 Å². The van der Waals surface area contributed by atoms with E-state index in [2.05, 4.69) is 10.1 Å². The van der Waals surface area contributed by atoms with Crippen molar-refractivity contribution in [2.75, 3.05) is 5.73 Å². The predicted octanol–water partition coefficient (Wildman–Crippen LogP) is 3.39. The van der Waals surface area contributed by atoms with Crippen LogP contribution in [0.5, 0.6) is 0 Å². The fourth-order valence-electron chi connectivity index (χ4n) is 2.50. The molecule has 0 radical (unpaired) electrons. The summed E-state index contributed by atoms with van der Waals surface area (Å²) in [6, 6.07) is 7.52. The van der Waals surface area contributed by atoms with Gasteiger partial charge in [0.25, 0.3) is 0 Å². The fraction of sp³-hybridized carbons (Fsp3) is 0.278. The summed E-state index contributed by atoms with van der Waals surface area (Å²) in [4.78, 5) is 16.5. The second-order valence-corrected chi connectivity index (χ2v) is 6.78. The highest BCUT2D eigenvalue weighted by Gasteiger charge is 2.19. The number of ether oxygens (including phenoxy) is 1. The topological polar surface area (TPSA) is 87.4 Å². The third kappa shape index (κ3) is 3.55. The number of hydrogen-bond donors (Lipinski definition) is 1. The van der Waals surface area contributed by atoms with Crippen molar-refractivity contribution >= 4 is 29.2 Å². The molecule has 0 saturated heterocycles. The Bertz CT molecular complexity index is 960. The number of nitrogens with zero attached hydrogens (tertiary/aromatic N) is 4. The molecule has 7 heteroatoms. The van der Waals surface area contributed by atoms with Crippen LogP contribution in [0.15, 0.2) is 41.8 Å². The summed E-state index contributed by atoms with van der Waals surface area (Å²) < 4.78 is 8.45. The molecular weight excluding hydrogens is 318 g/mol. The Morgan fingerprint density at radius 2 is 2.08 bits per heavy atom. The molecule has 0 aliphatic carbocycles. The lowest BCUT2D eigenvalue weighted by Crippen LogP contribution is -2.26. The molecule has 7 nitrogen and oxygen atoms in total. The standard InChI is InChI=1S/C18H21N5O2/c1-12-11-23(16(19)21-12)20-10-13-6-5-7-15-14(13)8-9-22(15)17(24)25-18(2,3)4/h5-11H,1-4H3,(H2,19,21). The van der Waals surface area contributed by atoms with Crippen LogP contribution in [0.1, 0.15) is 32.0 Å². The molecule has 2 aromatic heterocycles. The van der Waals surface area contributed by atoms with Crippen molar-refractivity contribution in [2.24, 2.45) is 5.10 Å². The monoisotopic (exact) mass is 339 g/mol. The molecule has 0 aliphatic rings. The maximum absolute atomic E-state index is 12.4. The molecule has 0 atom stereocenters. The van der Waals surface area contributed by atoms with Crippen molar-refractivity contribution < 1.29 is 9.53 Å². The third-order valence-electron chi connectivity index (χ3n) is 3.51. The van der Waals surface area contributed by atoms with Crippen LogP contribution in [0, 0.1) is 6.92 Å². The van der Waals surface area contributed by atoms with Gasteiger partial charge in [-0.25, -0.2) is 14.5 Å². The highest BCUT2D eigenvalue weighted by Crippen LogP contribution is 2.21. The number of carbonyl (C=O) groups is 1. The SMILES string of the molecule is Cc1cn(N=Cc2cccc3c2ccn3C(=O)OC(C)(C)C)c(N)n1. The number of hydrogen-bond acceptors (Lipinski definition) is 5. The third-order valence-corrected chi connectivity index (χ3v) is 3.51. The van der Waals surface area contributed by atoms with E-state index < -0.39 is 11.7 Å². The molecule has 0 fully saturated rings. The van der Waals surface area contributed by atoms with E-state index in [0.717, 1.165) is 22.2 Å². The van der Waals surface area contributed by atoms with Gasteiger partial charge in [-0.1, -0.05) is 12.1 Å². The molecule has 0 aliphatic heterocycles. The van der Waals surface area contributed by atoms with Gasteiger partial charge in [0.2, 0.25) is 5.95 Å². The first-order valence-electron chi connectivity index (χ1n) is 7.94. The normalized spacial score (nSPS) is 12.2. The summed E-state index contributed by atoms with van der Waals surface area (Å²) in [5.74, 6) is 0.326. The van der Waals surface area contributed by atoms with Crippen LogP contribution >= 0.6 is 0 Å². The molecule has 0 saturated carbocycles. The molecule has 3 aromatic rings. The predicted molar refractivity (Wildman–Crippen MR) is 97.9 cm³/mol.